The van der Waals surface area contributed by atoms with Gasteiger partial charge in [-0.15, -0.1) is 0 Å². The van der Waals surface area contributed by atoms with Crippen molar-refractivity contribution in [3.63, 3.8) is 0 Å². The van der Waals surface area contributed by atoms with Crippen LogP contribution in [0.5, 0.6) is 0 Å². The first-order valence-corrected chi connectivity index (χ1v) is 10.3. The fourth-order valence-electron chi connectivity index (χ4n) is 3.46. The number of rotatable bonds is 10. The maximum Gasteiger partial charge on any atom is 0.251 e. The van der Waals surface area contributed by atoms with Crippen LogP contribution < -0.4 is 10.6 Å². The Balaban J connectivity index is 1.99. The number of benzene rings is 2. The summed E-state index contributed by atoms with van der Waals surface area (Å²) in [6, 6.07) is 19.2. The van der Waals surface area contributed by atoms with Crippen molar-refractivity contribution in [3.05, 3.63) is 71.8 Å². The summed E-state index contributed by atoms with van der Waals surface area (Å²) < 4.78 is 0. The molecule has 0 aliphatic heterocycles. The smallest absolute Gasteiger partial charge is 0.251 e. The molecular formula is C24H33N3O2. The fourth-order valence-corrected chi connectivity index (χ4v) is 3.46. The van der Waals surface area contributed by atoms with Gasteiger partial charge in [0.15, 0.2) is 0 Å². The first-order valence-electron chi connectivity index (χ1n) is 10.3. The molecule has 0 fully saturated rings. The average molecular weight is 396 g/mol. The van der Waals surface area contributed by atoms with Crippen LogP contribution in [0.25, 0.3) is 0 Å². The van der Waals surface area contributed by atoms with Gasteiger partial charge in [0.25, 0.3) is 5.91 Å². The summed E-state index contributed by atoms with van der Waals surface area (Å²) in [6.07, 6.45) is 0.200. The molecule has 0 aliphatic carbocycles. The third kappa shape index (κ3) is 7.35. The van der Waals surface area contributed by atoms with Crippen LogP contribution in [0, 0.1) is 0 Å². The van der Waals surface area contributed by atoms with E-state index in [1.807, 2.05) is 48.5 Å². The van der Waals surface area contributed by atoms with Crippen molar-refractivity contribution in [2.75, 3.05) is 13.1 Å². The lowest BCUT2D eigenvalue weighted by molar-refractivity contribution is -0.121. The van der Waals surface area contributed by atoms with Gasteiger partial charge in [-0.1, -0.05) is 48.5 Å². The van der Waals surface area contributed by atoms with Crippen LogP contribution in [-0.2, 0) is 4.79 Å². The van der Waals surface area contributed by atoms with Crippen LogP contribution in [-0.4, -0.2) is 41.9 Å². The molecule has 0 bridgehead atoms. The van der Waals surface area contributed by atoms with E-state index in [-0.39, 0.29) is 24.3 Å². The average Bonchev–Trinajstić information content (AvgIpc) is 2.71. The molecule has 0 aromatic heterocycles. The Bertz CT molecular complexity index is 752. The number of carbonyl (C=O) groups excluding carboxylic acids is 2. The van der Waals surface area contributed by atoms with Gasteiger partial charge in [-0.25, -0.2) is 0 Å². The van der Waals surface area contributed by atoms with E-state index in [4.69, 9.17) is 0 Å². The quantitative estimate of drug-likeness (QED) is 0.644. The van der Waals surface area contributed by atoms with Crippen LogP contribution in [0.1, 0.15) is 56.1 Å². The number of hydrogen-bond acceptors (Lipinski definition) is 3. The van der Waals surface area contributed by atoms with E-state index in [0.717, 1.165) is 12.1 Å². The van der Waals surface area contributed by atoms with E-state index >= 15 is 0 Å². The Morgan fingerprint density at radius 1 is 0.862 bits per heavy atom. The van der Waals surface area contributed by atoms with Gasteiger partial charge in [-0.2, -0.15) is 0 Å². The molecule has 2 aromatic carbocycles. The summed E-state index contributed by atoms with van der Waals surface area (Å²) in [5.41, 5.74) is 1.50. The molecule has 156 valence electrons. The zero-order valence-corrected chi connectivity index (χ0v) is 17.9. The Hall–Kier alpha value is -2.66. The minimum absolute atomic E-state index is 0.0697. The number of amides is 2. The Labute approximate surface area is 174 Å². The molecule has 29 heavy (non-hydrogen) atoms. The predicted molar refractivity (Wildman–Crippen MR) is 118 cm³/mol. The van der Waals surface area contributed by atoms with Crippen molar-refractivity contribution >= 4 is 11.8 Å². The van der Waals surface area contributed by atoms with Gasteiger partial charge in [0, 0.05) is 30.7 Å². The van der Waals surface area contributed by atoms with Crippen LogP contribution in [0.2, 0.25) is 0 Å². The van der Waals surface area contributed by atoms with Crippen molar-refractivity contribution in [2.45, 2.75) is 52.2 Å². The van der Waals surface area contributed by atoms with Gasteiger partial charge in [0.2, 0.25) is 5.91 Å². The molecular weight excluding hydrogens is 362 g/mol. The van der Waals surface area contributed by atoms with E-state index < -0.39 is 0 Å². The minimum atomic E-state index is -0.379. The van der Waals surface area contributed by atoms with E-state index in [9.17, 15) is 9.59 Å². The normalized spacial score (nSPS) is 12.2. The molecule has 5 heteroatoms. The molecule has 2 aromatic rings. The molecule has 0 saturated carbocycles. The standard InChI is InChI=1S/C24H33N3O2/c1-18(2)27(19(3)4)16-15-25-23(28)17-22(20-11-7-5-8-12-20)26-24(29)21-13-9-6-10-14-21/h5-14,18-19,22H,15-17H2,1-4H3,(H,25,28)(H,26,29)/t22-/m1/s1. The molecule has 0 heterocycles. The molecule has 5 nitrogen and oxygen atoms in total. The van der Waals surface area contributed by atoms with Gasteiger partial charge < -0.3 is 10.6 Å². The number of hydrogen-bond donors (Lipinski definition) is 2. The molecule has 1 atom stereocenters. The van der Waals surface area contributed by atoms with E-state index in [1.165, 1.54) is 0 Å². The maximum absolute atomic E-state index is 12.6. The van der Waals surface area contributed by atoms with Crippen molar-refractivity contribution in [1.29, 1.82) is 0 Å². The van der Waals surface area contributed by atoms with Gasteiger partial charge in [-0.05, 0) is 45.4 Å². The molecule has 0 radical (unpaired) electrons. The molecule has 2 amide bonds. The van der Waals surface area contributed by atoms with Crippen LogP contribution in [0.15, 0.2) is 60.7 Å². The highest BCUT2D eigenvalue weighted by Gasteiger charge is 2.19. The summed E-state index contributed by atoms with van der Waals surface area (Å²) >= 11 is 0. The van der Waals surface area contributed by atoms with Gasteiger partial charge in [0.05, 0.1) is 12.5 Å². The van der Waals surface area contributed by atoms with Crippen LogP contribution in [0.4, 0.5) is 0 Å². The molecule has 2 N–H and O–H groups in total. The highest BCUT2D eigenvalue weighted by atomic mass is 16.2. The molecule has 0 spiro atoms. The van der Waals surface area contributed by atoms with Crippen molar-refractivity contribution in [2.24, 2.45) is 0 Å². The highest BCUT2D eigenvalue weighted by Crippen LogP contribution is 2.17. The molecule has 0 unspecified atom stereocenters. The first-order chi connectivity index (χ1) is 13.9. The SMILES string of the molecule is CC(C)N(CCNC(=O)C[C@@H](NC(=O)c1ccccc1)c1ccccc1)C(C)C. The lowest BCUT2D eigenvalue weighted by atomic mass is 10.0. The second-order valence-electron chi connectivity index (χ2n) is 7.78. The Kier molecular flexibility index (Phi) is 8.87. The number of carbonyl (C=O) groups is 2. The fraction of sp³-hybridized carbons (Fsp3) is 0.417. The molecule has 2 rings (SSSR count). The zero-order valence-electron chi connectivity index (χ0n) is 17.9. The molecule has 0 aliphatic rings. The summed E-state index contributed by atoms with van der Waals surface area (Å²) in [5, 5.41) is 6.01. The first kappa shape index (κ1) is 22.6. The largest absolute Gasteiger partial charge is 0.355 e. The third-order valence-corrected chi connectivity index (χ3v) is 4.95. The maximum atomic E-state index is 12.6. The minimum Gasteiger partial charge on any atom is -0.355 e. The Morgan fingerprint density at radius 2 is 1.41 bits per heavy atom. The van der Waals surface area contributed by atoms with Crippen LogP contribution in [0.3, 0.4) is 0 Å². The van der Waals surface area contributed by atoms with Gasteiger partial charge >= 0.3 is 0 Å². The summed E-state index contributed by atoms with van der Waals surface area (Å²) in [6.45, 7) is 10.0. The summed E-state index contributed by atoms with van der Waals surface area (Å²) in [4.78, 5) is 27.5. The van der Waals surface area contributed by atoms with E-state index in [2.05, 4.69) is 43.2 Å². The number of nitrogens with zero attached hydrogens (tertiary/aromatic N) is 1. The third-order valence-electron chi connectivity index (χ3n) is 4.95. The van der Waals surface area contributed by atoms with Crippen LogP contribution >= 0.6 is 0 Å². The second-order valence-corrected chi connectivity index (χ2v) is 7.78. The van der Waals surface area contributed by atoms with Crippen molar-refractivity contribution in [1.82, 2.24) is 15.5 Å². The van der Waals surface area contributed by atoms with Gasteiger partial charge in [0.1, 0.15) is 0 Å². The lowest BCUT2D eigenvalue weighted by Crippen LogP contribution is -2.43. The summed E-state index contributed by atoms with van der Waals surface area (Å²) in [7, 11) is 0. The van der Waals surface area contributed by atoms with Crippen molar-refractivity contribution < 1.29 is 9.59 Å². The second kappa shape index (κ2) is 11.4. The number of nitrogens with one attached hydrogen (secondary N) is 2. The predicted octanol–water partition coefficient (Wildman–Crippen LogP) is 3.78. The van der Waals surface area contributed by atoms with E-state index in [0.29, 0.717) is 24.2 Å². The zero-order chi connectivity index (χ0) is 21.2. The van der Waals surface area contributed by atoms with Gasteiger partial charge in [-0.3, -0.25) is 14.5 Å². The lowest BCUT2D eigenvalue weighted by Gasteiger charge is -2.30. The van der Waals surface area contributed by atoms with Crippen molar-refractivity contribution in [3.8, 4) is 0 Å². The highest BCUT2D eigenvalue weighted by molar-refractivity contribution is 5.94. The Morgan fingerprint density at radius 3 is 1.97 bits per heavy atom. The summed E-state index contributed by atoms with van der Waals surface area (Å²) in [5.74, 6) is -0.252. The topological polar surface area (TPSA) is 61.4 Å². The molecule has 0 saturated heterocycles. The monoisotopic (exact) mass is 395 g/mol. The van der Waals surface area contributed by atoms with E-state index in [1.54, 1.807) is 12.1 Å².